The quantitative estimate of drug-likeness (QED) is 0.884. The topological polar surface area (TPSA) is 40.7 Å². The summed E-state index contributed by atoms with van der Waals surface area (Å²) >= 11 is 0. The predicted molar refractivity (Wildman–Crippen MR) is 83.6 cm³/mol. The van der Waals surface area contributed by atoms with Crippen molar-refractivity contribution in [3.8, 4) is 0 Å². The monoisotopic (exact) mass is 271 g/mol. The number of rotatable bonds is 3. The Morgan fingerprint density at radius 2 is 1.85 bits per heavy atom. The van der Waals surface area contributed by atoms with Gasteiger partial charge in [-0.2, -0.15) is 0 Å². The van der Waals surface area contributed by atoms with E-state index in [1.54, 1.807) is 0 Å². The first kappa shape index (κ1) is 13.6. The number of H-pyrrole nitrogens is 1. The molecule has 0 bridgehead atoms. The predicted octanol–water partition coefficient (Wildman–Crippen LogP) is 4.04. The molecule has 0 amide bonds. The van der Waals surface area contributed by atoms with Gasteiger partial charge in [0.2, 0.25) is 0 Å². The van der Waals surface area contributed by atoms with Gasteiger partial charge in [0.05, 0.1) is 17.1 Å². The average molecular weight is 271 g/mol. The molecular weight excluding hydrogens is 246 g/mol. The van der Waals surface area contributed by atoms with Crippen molar-refractivity contribution >= 4 is 11.0 Å². The lowest BCUT2D eigenvalue weighted by atomic mass is 9.80. The molecule has 20 heavy (non-hydrogen) atoms. The lowest BCUT2D eigenvalue weighted by Gasteiger charge is -2.33. The minimum absolute atomic E-state index is 0.282. The highest BCUT2D eigenvalue weighted by atomic mass is 15.0. The number of nitrogens with zero attached hydrogens (tertiary/aromatic N) is 1. The second kappa shape index (κ2) is 5.57. The van der Waals surface area contributed by atoms with Gasteiger partial charge in [0.15, 0.2) is 0 Å². The van der Waals surface area contributed by atoms with Gasteiger partial charge in [0, 0.05) is 6.04 Å². The van der Waals surface area contributed by atoms with Gasteiger partial charge in [0.1, 0.15) is 5.82 Å². The molecule has 1 aromatic heterocycles. The molecule has 3 heteroatoms. The average Bonchev–Trinajstić information content (AvgIpc) is 2.81. The second-order valence-electron chi connectivity index (χ2n) is 6.64. The van der Waals surface area contributed by atoms with Crippen LogP contribution < -0.4 is 5.32 Å². The minimum Gasteiger partial charge on any atom is -0.341 e. The van der Waals surface area contributed by atoms with Crippen LogP contribution in [0.2, 0.25) is 0 Å². The minimum atomic E-state index is 0.282. The first-order chi connectivity index (χ1) is 9.61. The van der Waals surface area contributed by atoms with Gasteiger partial charge in [-0.15, -0.1) is 0 Å². The van der Waals surface area contributed by atoms with Crippen molar-refractivity contribution in [3.63, 3.8) is 0 Å². The molecule has 0 spiro atoms. The summed E-state index contributed by atoms with van der Waals surface area (Å²) in [7, 11) is 0. The zero-order valence-electron chi connectivity index (χ0n) is 12.7. The fraction of sp³-hybridized carbons (Fsp3) is 0.588. The molecular formula is C17H25N3. The fourth-order valence-corrected chi connectivity index (χ4v) is 3.69. The van der Waals surface area contributed by atoms with Crippen molar-refractivity contribution in [2.24, 2.45) is 11.8 Å². The van der Waals surface area contributed by atoms with Crippen LogP contribution in [-0.4, -0.2) is 16.0 Å². The molecule has 1 fully saturated rings. The first-order valence-electron chi connectivity index (χ1n) is 7.82. The van der Waals surface area contributed by atoms with E-state index in [2.05, 4.69) is 43.2 Å². The standard InChI is InChI=1S/C17H25N3/c1-11-8-12(2)10-14(9-11)18-13(3)17-19-15-6-4-5-7-16(15)20-17/h4-7,11-14,18H,8-10H2,1-3H3,(H,19,20). The van der Waals surface area contributed by atoms with Crippen molar-refractivity contribution in [1.29, 1.82) is 0 Å². The van der Waals surface area contributed by atoms with E-state index in [4.69, 9.17) is 4.98 Å². The van der Waals surface area contributed by atoms with Crippen LogP contribution in [-0.2, 0) is 0 Å². The van der Waals surface area contributed by atoms with Gasteiger partial charge >= 0.3 is 0 Å². The normalized spacial score (nSPS) is 28.6. The van der Waals surface area contributed by atoms with Crippen molar-refractivity contribution < 1.29 is 0 Å². The van der Waals surface area contributed by atoms with Gasteiger partial charge < -0.3 is 10.3 Å². The Balaban J connectivity index is 1.70. The van der Waals surface area contributed by atoms with Crippen LogP contribution in [0.1, 0.15) is 51.9 Å². The number of fused-ring (bicyclic) bond motifs is 1. The highest BCUT2D eigenvalue weighted by Gasteiger charge is 2.25. The van der Waals surface area contributed by atoms with Crippen LogP contribution in [0.3, 0.4) is 0 Å². The molecule has 3 nitrogen and oxygen atoms in total. The summed E-state index contributed by atoms with van der Waals surface area (Å²) in [6, 6.07) is 9.14. The van der Waals surface area contributed by atoms with E-state index in [9.17, 15) is 0 Å². The van der Waals surface area contributed by atoms with Gasteiger partial charge in [0.25, 0.3) is 0 Å². The SMILES string of the molecule is CC1CC(C)CC(NC(C)c2nc3ccccc3[nH]2)C1. The molecule has 3 unspecified atom stereocenters. The van der Waals surface area contributed by atoms with Crippen molar-refractivity contribution in [2.45, 2.75) is 52.1 Å². The maximum atomic E-state index is 4.70. The lowest BCUT2D eigenvalue weighted by molar-refractivity contribution is 0.227. The Kier molecular flexibility index (Phi) is 3.79. The van der Waals surface area contributed by atoms with Gasteiger partial charge in [-0.1, -0.05) is 26.0 Å². The number of hydrogen-bond acceptors (Lipinski definition) is 2. The Morgan fingerprint density at radius 1 is 1.15 bits per heavy atom. The van der Waals surface area contributed by atoms with Gasteiger partial charge in [-0.05, 0) is 50.2 Å². The lowest BCUT2D eigenvalue weighted by Crippen LogP contribution is -2.38. The van der Waals surface area contributed by atoms with Crippen molar-refractivity contribution in [2.75, 3.05) is 0 Å². The number of aromatic amines is 1. The molecule has 3 rings (SSSR count). The highest BCUT2D eigenvalue weighted by Crippen LogP contribution is 2.29. The number of hydrogen-bond donors (Lipinski definition) is 2. The van der Waals surface area contributed by atoms with Crippen LogP contribution >= 0.6 is 0 Å². The van der Waals surface area contributed by atoms with E-state index in [1.807, 2.05) is 12.1 Å². The Bertz CT molecular complexity index is 531. The molecule has 1 aliphatic carbocycles. The molecule has 0 saturated heterocycles. The third kappa shape index (κ3) is 2.88. The van der Waals surface area contributed by atoms with E-state index in [0.29, 0.717) is 6.04 Å². The largest absolute Gasteiger partial charge is 0.341 e. The molecule has 0 aliphatic heterocycles. The fourth-order valence-electron chi connectivity index (χ4n) is 3.69. The Morgan fingerprint density at radius 3 is 2.55 bits per heavy atom. The van der Waals surface area contributed by atoms with Crippen LogP contribution in [0, 0.1) is 11.8 Å². The maximum absolute atomic E-state index is 4.70. The molecule has 1 aliphatic rings. The molecule has 0 radical (unpaired) electrons. The molecule has 2 aromatic rings. The number of aromatic nitrogens is 2. The molecule has 1 aromatic carbocycles. The first-order valence-corrected chi connectivity index (χ1v) is 7.82. The Labute approximate surface area is 121 Å². The molecule has 3 atom stereocenters. The zero-order chi connectivity index (χ0) is 14.1. The summed E-state index contributed by atoms with van der Waals surface area (Å²) in [5.41, 5.74) is 2.18. The van der Waals surface area contributed by atoms with Crippen LogP contribution in [0.25, 0.3) is 11.0 Å². The van der Waals surface area contributed by atoms with Crippen LogP contribution in [0.15, 0.2) is 24.3 Å². The molecule has 2 N–H and O–H groups in total. The number of benzene rings is 1. The van der Waals surface area contributed by atoms with Gasteiger partial charge in [-0.3, -0.25) is 0 Å². The van der Waals surface area contributed by atoms with E-state index in [0.717, 1.165) is 28.7 Å². The van der Waals surface area contributed by atoms with Crippen molar-refractivity contribution in [1.82, 2.24) is 15.3 Å². The smallest absolute Gasteiger partial charge is 0.124 e. The van der Waals surface area contributed by atoms with E-state index >= 15 is 0 Å². The van der Waals surface area contributed by atoms with Crippen molar-refractivity contribution in [3.05, 3.63) is 30.1 Å². The van der Waals surface area contributed by atoms with Crippen LogP contribution in [0.4, 0.5) is 0 Å². The van der Waals surface area contributed by atoms with E-state index in [1.165, 1.54) is 19.3 Å². The molecule has 1 saturated carbocycles. The van der Waals surface area contributed by atoms with Gasteiger partial charge in [-0.25, -0.2) is 4.98 Å². The summed E-state index contributed by atoms with van der Waals surface area (Å²) < 4.78 is 0. The summed E-state index contributed by atoms with van der Waals surface area (Å²) in [4.78, 5) is 8.13. The summed E-state index contributed by atoms with van der Waals surface area (Å²) in [6.45, 7) is 6.95. The second-order valence-corrected chi connectivity index (χ2v) is 6.64. The Hall–Kier alpha value is -1.35. The van der Waals surface area contributed by atoms with E-state index < -0.39 is 0 Å². The number of para-hydroxylation sites is 2. The van der Waals surface area contributed by atoms with Crippen LogP contribution in [0.5, 0.6) is 0 Å². The number of imidazole rings is 1. The third-order valence-corrected chi connectivity index (χ3v) is 4.48. The summed E-state index contributed by atoms with van der Waals surface area (Å²) in [6.07, 6.45) is 3.95. The van der Waals surface area contributed by atoms with E-state index in [-0.39, 0.29) is 6.04 Å². The summed E-state index contributed by atoms with van der Waals surface area (Å²) in [5.74, 6) is 2.72. The highest BCUT2D eigenvalue weighted by molar-refractivity contribution is 5.74. The summed E-state index contributed by atoms with van der Waals surface area (Å²) in [5, 5.41) is 3.76. The molecule has 1 heterocycles. The molecule has 108 valence electrons. The number of nitrogens with one attached hydrogen (secondary N) is 2. The zero-order valence-corrected chi connectivity index (χ0v) is 12.7. The third-order valence-electron chi connectivity index (χ3n) is 4.48. The maximum Gasteiger partial charge on any atom is 0.124 e.